The number of sulfonamides is 1. The van der Waals surface area contributed by atoms with Crippen molar-refractivity contribution in [3.8, 4) is 0 Å². The lowest BCUT2D eigenvalue weighted by atomic mass is 10.0. The molecule has 1 unspecified atom stereocenters. The summed E-state index contributed by atoms with van der Waals surface area (Å²) in [5.74, 6) is -0.743. The third-order valence-corrected chi connectivity index (χ3v) is 10.1. The number of aryl methyl sites for hydroxylation is 2. The summed E-state index contributed by atoms with van der Waals surface area (Å²) in [7, 11) is -4.24. The standard InChI is InChI=1S/C36H39Cl2N3O4S/c1-25(2)22-39-36(43)34(20-28-10-6-5-7-11-28)40(23-29-12-8-9-13-32(29)37)35(42)24-41(30-17-16-27(4)33(38)21-30)46(44,45)31-18-14-26(3)15-19-31/h5-19,21,25,34H,20,22-24H2,1-4H3,(H,39,43). The number of amides is 2. The number of carbonyl (C=O) groups excluding carboxylic acids is 2. The topological polar surface area (TPSA) is 86.8 Å². The highest BCUT2D eigenvalue weighted by atomic mass is 35.5. The summed E-state index contributed by atoms with van der Waals surface area (Å²) < 4.78 is 29.4. The normalized spacial score (nSPS) is 12.1. The van der Waals surface area contributed by atoms with Crippen LogP contribution in [0, 0.1) is 19.8 Å². The zero-order valence-corrected chi connectivity index (χ0v) is 28.7. The molecule has 0 bridgehead atoms. The minimum absolute atomic E-state index is 0.0157. The van der Waals surface area contributed by atoms with Gasteiger partial charge >= 0.3 is 0 Å². The first kappa shape index (κ1) is 35.0. The number of benzene rings is 4. The second kappa shape index (κ2) is 15.6. The van der Waals surface area contributed by atoms with Crippen molar-refractivity contribution in [3.63, 3.8) is 0 Å². The van der Waals surface area contributed by atoms with Gasteiger partial charge in [0.2, 0.25) is 11.8 Å². The monoisotopic (exact) mass is 679 g/mol. The van der Waals surface area contributed by atoms with E-state index < -0.39 is 28.5 Å². The van der Waals surface area contributed by atoms with Crippen LogP contribution in [-0.2, 0) is 32.6 Å². The molecule has 242 valence electrons. The fourth-order valence-electron chi connectivity index (χ4n) is 4.89. The number of anilines is 1. The van der Waals surface area contributed by atoms with Gasteiger partial charge in [-0.15, -0.1) is 0 Å². The van der Waals surface area contributed by atoms with Gasteiger partial charge in [-0.1, -0.05) is 109 Å². The van der Waals surface area contributed by atoms with Gasteiger partial charge in [0.05, 0.1) is 10.6 Å². The van der Waals surface area contributed by atoms with Crippen molar-refractivity contribution in [3.05, 3.63) is 129 Å². The van der Waals surface area contributed by atoms with Crippen LogP contribution in [0.25, 0.3) is 0 Å². The molecule has 0 spiro atoms. The summed E-state index contributed by atoms with van der Waals surface area (Å²) in [4.78, 5) is 29.9. The Balaban J connectivity index is 1.82. The third kappa shape index (κ3) is 8.90. The molecule has 46 heavy (non-hydrogen) atoms. The molecule has 0 aliphatic carbocycles. The molecule has 1 atom stereocenters. The number of rotatable bonds is 13. The summed E-state index contributed by atoms with van der Waals surface area (Å²) in [6, 6.07) is 26.8. The molecule has 1 N–H and O–H groups in total. The number of nitrogens with one attached hydrogen (secondary N) is 1. The van der Waals surface area contributed by atoms with E-state index in [1.165, 1.54) is 23.1 Å². The molecule has 10 heteroatoms. The van der Waals surface area contributed by atoms with Crippen molar-refractivity contribution < 1.29 is 18.0 Å². The first-order chi connectivity index (χ1) is 21.9. The SMILES string of the molecule is Cc1ccc(S(=O)(=O)N(CC(=O)N(Cc2ccccc2Cl)C(Cc2ccccc2)C(=O)NCC(C)C)c2ccc(C)c(Cl)c2)cc1. The summed E-state index contributed by atoms with van der Waals surface area (Å²) in [6.07, 6.45) is 0.210. The number of hydrogen-bond acceptors (Lipinski definition) is 4. The van der Waals surface area contributed by atoms with Crippen LogP contribution in [0.2, 0.25) is 10.0 Å². The van der Waals surface area contributed by atoms with Gasteiger partial charge in [-0.25, -0.2) is 8.42 Å². The van der Waals surface area contributed by atoms with Crippen LogP contribution in [0.3, 0.4) is 0 Å². The maximum absolute atomic E-state index is 14.6. The molecule has 4 aromatic rings. The van der Waals surface area contributed by atoms with Crippen LogP contribution in [0.4, 0.5) is 5.69 Å². The number of carbonyl (C=O) groups is 2. The third-order valence-electron chi connectivity index (χ3n) is 7.59. The van der Waals surface area contributed by atoms with Crippen molar-refractivity contribution in [2.75, 3.05) is 17.4 Å². The van der Waals surface area contributed by atoms with E-state index in [9.17, 15) is 18.0 Å². The average molecular weight is 681 g/mol. The lowest BCUT2D eigenvalue weighted by molar-refractivity contribution is -0.140. The van der Waals surface area contributed by atoms with Crippen molar-refractivity contribution in [2.45, 2.75) is 51.6 Å². The zero-order chi connectivity index (χ0) is 33.4. The first-order valence-electron chi connectivity index (χ1n) is 15.1. The Morgan fingerprint density at radius 2 is 1.48 bits per heavy atom. The Bertz CT molecular complexity index is 1760. The Morgan fingerprint density at radius 1 is 0.826 bits per heavy atom. The summed E-state index contributed by atoms with van der Waals surface area (Å²) in [5, 5.41) is 3.77. The van der Waals surface area contributed by atoms with Gasteiger partial charge in [0.15, 0.2) is 0 Å². The highest BCUT2D eigenvalue weighted by Crippen LogP contribution is 2.29. The van der Waals surface area contributed by atoms with Crippen molar-refractivity contribution in [1.82, 2.24) is 10.2 Å². The molecule has 0 saturated carbocycles. The van der Waals surface area contributed by atoms with Crippen molar-refractivity contribution >= 4 is 50.7 Å². The molecule has 7 nitrogen and oxygen atoms in total. The van der Waals surface area contributed by atoms with E-state index in [0.29, 0.717) is 22.2 Å². The summed E-state index contributed by atoms with van der Waals surface area (Å²) in [6.45, 7) is 7.46. The van der Waals surface area contributed by atoms with Crippen LogP contribution in [-0.4, -0.2) is 44.3 Å². The maximum atomic E-state index is 14.6. The molecule has 0 aliphatic heterocycles. The smallest absolute Gasteiger partial charge is 0.264 e. The van der Waals surface area contributed by atoms with E-state index in [2.05, 4.69) is 5.32 Å². The van der Waals surface area contributed by atoms with Gasteiger partial charge in [-0.3, -0.25) is 13.9 Å². The molecule has 4 rings (SSSR count). The average Bonchev–Trinajstić information content (AvgIpc) is 3.03. The van der Waals surface area contributed by atoms with E-state index >= 15 is 0 Å². The zero-order valence-electron chi connectivity index (χ0n) is 26.4. The number of halogens is 2. The summed E-state index contributed by atoms with van der Waals surface area (Å²) in [5.41, 5.74) is 3.35. The molecule has 0 aliphatic rings. The predicted octanol–water partition coefficient (Wildman–Crippen LogP) is 7.22. The van der Waals surface area contributed by atoms with E-state index in [1.54, 1.807) is 48.5 Å². The minimum atomic E-state index is -4.24. The van der Waals surface area contributed by atoms with Gasteiger partial charge in [0.25, 0.3) is 10.0 Å². The maximum Gasteiger partial charge on any atom is 0.264 e. The fraction of sp³-hybridized carbons (Fsp3) is 0.278. The van der Waals surface area contributed by atoms with Crippen LogP contribution < -0.4 is 9.62 Å². The quantitative estimate of drug-likeness (QED) is 0.162. The Hall–Kier alpha value is -3.85. The van der Waals surface area contributed by atoms with Crippen molar-refractivity contribution in [2.24, 2.45) is 5.92 Å². The molecular weight excluding hydrogens is 641 g/mol. The molecule has 0 fully saturated rings. The van der Waals surface area contributed by atoms with Gasteiger partial charge < -0.3 is 10.2 Å². The summed E-state index contributed by atoms with van der Waals surface area (Å²) >= 11 is 13.0. The van der Waals surface area contributed by atoms with E-state index in [-0.39, 0.29) is 35.4 Å². The van der Waals surface area contributed by atoms with Crippen LogP contribution in [0.15, 0.2) is 102 Å². The molecule has 4 aromatic carbocycles. The second-order valence-electron chi connectivity index (χ2n) is 11.7. The second-order valence-corrected chi connectivity index (χ2v) is 14.4. The first-order valence-corrected chi connectivity index (χ1v) is 17.3. The van der Waals surface area contributed by atoms with E-state index in [1.807, 2.05) is 58.0 Å². The van der Waals surface area contributed by atoms with Gasteiger partial charge in [0.1, 0.15) is 12.6 Å². The van der Waals surface area contributed by atoms with E-state index in [4.69, 9.17) is 23.2 Å². The predicted molar refractivity (Wildman–Crippen MR) is 186 cm³/mol. The molecule has 0 saturated heterocycles. The number of nitrogens with zero attached hydrogens (tertiary/aromatic N) is 2. The molecule has 0 aromatic heterocycles. The van der Waals surface area contributed by atoms with Crippen LogP contribution in [0.5, 0.6) is 0 Å². The Labute approximate surface area is 282 Å². The van der Waals surface area contributed by atoms with Crippen molar-refractivity contribution in [1.29, 1.82) is 0 Å². The fourth-order valence-corrected chi connectivity index (χ4v) is 6.67. The lowest BCUT2D eigenvalue weighted by Crippen LogP contribution is -2.53. The lowest BCUT2D eigenvalue weighted by Gasteiger charge is -2.34. The number of hydrogen-bond donors (Lipinski definition) is 1. The van der Waals surface area contributed by atoms with Gasteiger partial charge in [0, 0.05) is 29.6 Å². The molecule has 0 radical (unpaired) electrons. The van der Waals surface area contributed by atoms with E-state index in [0.717, 1.165) is 21.0 Å². The highest BCUT2D eigenvalue weighted by Gasteiger charge is 2.35. The van der Waals surface area contributed by atoms with Crippen LogP contribution >= 0.6 is 23.2 Å². The Morgan fingerprint density at radius 3 is 2.11 bits per heavy atom. The largest absolute Gasteiger partial charge is 0.354 e. The Kier molecular flexibility index (Phi) is 11.9. The van der Waals surface area contributed by atoms with Gasteiger partial charge in [-0.05, 0) is 66.8 Å². The van der Waals surface area contributed by atoms with Crippen LogP contribution in [0.1, 0.15) is 36.1 Å². The molecular formula is C36H39Cl2N3O4S. The van der Waals surface area contributed by atoms with Gasteiger partial charge in [-0.2, -0.15) is 0 Å². The highest BCUT2D eigenvalue weighted by molar-refractivity contribution is 7.92. The minimum Gasteiger partial charge on any atom is -0.354 e. The molecule has 2 amide bonds. The molecule has 0 heterocycles.